The summed E-state index contributed by atoms with van der Waals surface area (Å²) in [6.07, 6.45) is 1.17. The van der Waals surface area contributed by atoms with E-state index < -0.39 is 0 Å². The van der Waals surface area contributed by atoms with Crippen molar-refractivity contribution < 1.29 is 5.11 Å². The van der Waals surface area contributed by atoms with E-state index in [1.54, 1.807) is 0 Å². The van der Waals surface area contributed by atoms with Crippen molar-refractivity contribution >= 4 is 0 Å². The third-order valence-electron chi connectivity index (χ3n) is 2.63. The van der Waals surface area contributed by atoms with E-state index in [9.17, 15) is 0 Å². The lowest BCUT2D eigenvalue weighted by Crippen LogP contribution is -1.88. The van der Waals surface area contributed by atoms with Gasteiger partial charge in [0.2, 0.25) is 0 Å². The van der Waals surface area contributed by atoms with Crippen molar-refractivity contribution in [3.63, 3.8) is 0 Å². The number of benzene rings is 1. The molecule has 1 aromatic rings. The highest BCUT2D eigenvalue weighted by Crippen LogP contribution is 2.46. The van der Waals surface area contributed by atoms with Gasteiger partial charge in [-0.3, -0.25) is 0 Å². The monoisotopic (exact) mass is 162 g/mol. The Hall–Kier alpha value is -0.820. The quantitative estimate of drug-likeness (QED) is 0.706. The first-order valence-electron chi connectivity index (χ1n) is 4.48. The fraction of sp³-hybridized carbons (Fsp3) is 0.455. The van der Waals surface area contributed by atoms with E-state index in [4.69, 9.17) is 5.11 Å². The van der Waals surface area contributed by atoms with Crippen LogP contribution in [0.5, 0.6) is 0 Å². The Morgan fingerprint density at radius 1 is 1.50 bits per heavy atom. The predicted octanol–water partition coefficient (Wildman–Crippen LogP) is 2.09. The molecule has 0 saturated heterocycles. The lowest BCUT2D eigenvalue weighted by molar-refractivity contribution is 0.274. The Morgan fingerprint density at radius 2 is 2.33 bits per heavy atom. The summed E-state index contributed by atoms with van der Waals surface area (Å²) in [5.74, 6) is 1.17. The second-order valence-electron chi connectivity index (χ2n) is 3.70. The lowest BCUT2D eigenvalue weighted by Gasteiger charge is -1.99. The highest BCUT2D eigenvalue weighted by molar-refractivity contribution is 5.29. The average molecular weight is 162 g/mol. The Kier molecular flexibility index (Phi) is 1.89. The Labute approximate surface area is 73.0 Å². The minimum atomic E-state index is 0.346. The van der Waals surface area contributed by atoms with Gasteiger partial charge in [-0.05, 0) is 30.7 Å². The van der Waals surface area contributed by atoms with Crippen LogP contribution in [-0.4, -0.2) is 11.7 Å². The van der Waals surface area contributed by atoms with Gasteiger partial charge in [-0.1, -0.05) is 29.8 Å². The molecule has 0 amide bonds. The van der Waals surface area contributed by atoms with Crippen molar-refractivity contribution in [2.24, 2.45) is 5.92 Å². The Bertz CT molecular complexity index is 280. The molecule has 0 unspecified atom stereocenters. The zero-order valence-electron chi connectivity index (χ0n) is 7.33. The largest absolute Gasteiger partial charge is 0.396 e. The first-order valence-corrected chi connectivity index (χ1v) is 4.48. The average Bonchev–Trinajstić information content (AvgIpc) is 2.83. The van der Waals surface area contributed by atoms with E-state index in [2.05, 4.69) is 31.2 Å². The van der Waals surface area contributed by atoms with Crippen LogP contribution in [0.4, 0.5) is 0 Å². The van der Waals surface area contributed by atoms with Gasteiger partial charge in [-0.2, -0.15) is 0 Å². The van der Waals surface area contributed by atoms with Crippen molar-refractivity contribution in [3.05, 3.63) is 35.4 Å². The number of rotatable bonds is 2. The summed E-state index contributed by atoms with van der Waals surface area (Å²) in [5, 5.41) is 8.91. The van der Waals surface area contributed by atoms with Gasteiger partial charge in [0.15, 0.2) is 0 Å². The molecule has 0 aliphatic heterocycles. The molecule has 12 heavy (non-hydrogen) atoms. The van der Waals surface area contributed by atoms with Gasteiger partial charge in [-0.25, -0.2) is 0 Å². The van der Waals surface area contributed by atoms with E-state index in [1.165, 1.54) is 17.5 Å². The van der Waals surface area contributed by atoms with E-state index in [1.807, 2.05) is 0 Å². The second kappa shape index (κ2) is 2.91. The maximum absolute atomic E-state index is 8.91. The molecule has 2 rings (SSSR count). The summed E-state index contributed by atoms with van der Waals surface area (Å²) in [7, 11) is 0. The van der Waals surface area contributed by atoms with Crippen LogP contribution in [0.15, 0.2) is 24.3 Å². The summed E-state index contributed by atoms with van der Waals surface area (Å²) >= 11 is 0. The fourth-order valence-corrected chi connectivity index (χ4v) is 1.76. The first-order chi connectivity index (χ1) is 5.81. The minimum Gasteiger partial charge on any atom is -0.396 e. The number of hydrogen-bond donors (Lipinski definition) is 1. The zero-order chi connectivity index (χ0) is 8.55. The number of aryl methyl sites for hydroxylation is 1. The molecule has 64 valence electrons. The summed E-state index contributed by atoms with van der Waals surface area (Å²) < 4.78 is 0. The topological polar surface area (TPSA) is 20.2 Å². The van der Waals surface area contributed by atoms with Gasteiger partial charge in [0.1, 0.15) is 0 Å². The van der Waals surface area contributed by atoms with Crippen molar-refractivity contribution in [2.45, 2.75) is 19.3 Å². The highest BCUT2D eigenvalue weighted by atomic mass is 16.3. The SMILES string of the molecule is Cc1cccc([C@@H]2C[C@H]2CO)c1. The molecule has 1 aliphatic carbocycles. The molecule has 1 aliphatic rings. The maximum Gasteiger partial charge on any atom is 0.0465 e. The molecule has 1 nitrogen and oxygen atoms in total. The van der Waals surface area contributed by atoms with Crippen LogP contribution in [0, 0.1) is 12.8 Å². The van der Waals surface area contributed by atoms with E-state index in [-0.39, 0.29) is 0 Å². The van der Waals surface area contributed by atoms with E-state index >= 15 is 0 Å². The van der Waals surface area contributed by atoms with Crippen molar-refractivity contribution in [1.29, 1.82) is 0 Å². The molecule has 0 aromatic heterocycles. The molecule has 0 heterocycles. The van der Waals surface area contributed by atoms with Crippen molar-refractivity contribution in [2.75, 3.05) is 6.61 Å². The van der Waals surface area contributed by atoms with Crippen molar-refractivity contribution in [1.82, 2.24) is 0 Å². The smallest absolute Gasteiger partial charge is 0.0465 e. The van der Waals surface area contributed by atoms with Crippen LogP contribution < -0.4 is 0 Å². The molecule has 1 heteroatoms. The van der Waals surface area contributed by atoms with Crippen LogP contribution in [-0.2, 0) is 0 Å². The lowest BCUT2D eigenvalue weighted by atomic mass is 10.1. The van der Waals surface area contributed by atoms with Crippen molar-refractivity contribution in [3.8, 4) is 0 Å². The second-order valence-corrected chi connectivity index (χ2v) is 3.70. The van der Waals surface area contributed by atoms with Gasteiger partial charge in [0.25, 0.3) is 0 Å². The van der Waals surface area contributed by atoms with Crippen LogP contribution >= 0.6 is 0 Å². The number of hydrogen-bond acceptors (Lipinski definition) is 1. The molecular formula is C11H14O. The number of aliphatic hydroxyl groups is 1. The van der Waals surface area contributed by atoms with Gasteiger partial charge < -0.3 is 5.11 Å². The Balaban J connectivity index is 2.14. The fourth-order valence-electron chi connectivity index (χ4n) is 1.76. The summed E-state index contributed by atoms with van der Waals surface area (Å²) in [4.78, 5) is 0. The highest BCUT2D eigenvalue weighted by Gasteiger charge is 2.37. The molecule has 1 fully saturated rings. The summed E-state index contributed by atoms with van der Waals surface area (Å²) in [5.41, 5.74) is 2.71. The van der Waals surface area contributed by atoms with Crippen LogP contribution in [0.1, 0.15) is 23.5 Å². The maximum atomic E-state index is 8.91. The van der Waals surface area contributed by atoms with Gasteiger partial charge in [0.05, 0.1) is 0 Å². The molecule has 1 saturated carbocycles. The molecule has 0 spiro atoms. The third-order valence-corrected chi connectivity index (χ3v) is 2.63. The zero-order valence-corrected chi connectivity index (χ0v) is 7.33. The molecule has 0 bridgehead atoms. The van der Waals surface area contributed by atoms with E-state index in [0.717, 1.165) is 0 Å². The van der Waals surface area contributed by atoms with E-state index in [0.29, 0.717) is 18.4 Å². The molecule has 1 N–H and O–H groups in total. The van der Waals surface area contributed by atoms with Gasteiger partial charge in [-0.15, -0.1) is 0 Å². The molecule has 0 radical (unpaired) electrons. The molecule has 1 aromatic carbocycles. The summed E-state index contributed by atoms with van der Waals surface area (Å²) in [6, 6.07) is 8.59. The van der Waals surface area contributed by atoms with Crippen LogP contribution in [0.25, 0.3) is 0 Å². The standard InChI is InChI=1S/C11H14O/c1-8-3-2-4-9(5-8)11-6-10(11)7-12/h2-5,10-12H,6-7H2,1H3/t10-,11-/m0/s1. The van der Waals surface area contributed by atoms with Gasteiger partial charge >= 0.3 is 0 Å². The van der Waals surface area contributed by atoms with Crippen LogP contribution in [0.3, 0.4) is 0 Å². The normalized spacial score (nSPS) is 27.2. The number of aliphatic hydroxyl groups excluding tert-OH is 1. The first kappa shape index (κ1) is 7.81. The van der Waals surface area contributed by atoms with Gasteiger partial charge in [0, 0.05) is 6.61 Å². The molecule has 2 atom stereocenters. The third kappa shape index (κ3) is 1.37. The predicted molar refractivity (Wildman–Crippen MR) is 49.1 cm³/mol. The van der Waals surface area contributed by atoms with Crippen LogP contribution in [0.2, 0.25) is 0 Å². The minimum absolute atomic E-state index is 0.346. The molecular weight excluding hydrogens is 148 g/mol. The summed E-state index contributed by atoms with van der Waals surface area (Å²) in [6.45, 7) is 2.46. The Morgan fingerprint density at radius 3 is 2.92 bits per heavy atom.